The van der Waals surface area contributed by atoms with Gasteiger partial charge in [0.15, 0.2) is 11.6 Å². The van der Waals surface area contributed by atoms with E-state index in [2.05, 4.69) is 0 Å². The van der Waals surface area contributed by atoms with Crippen LogP contribution < -0.4 is 0 Å². The molecule has 3 aliphatic carbocycles. The SMILES string of the molecule is O[C@H]1[C@H](O)[C@@H]2OC3(CCCCC3)O[C@H]2[C@@H]2OC3(CCCCC3)O[C@H]12. The quantitative estimate of drug-likeness (QED) is 0.698. The Morgan fingerprint density at radius 1 is 0.500 bits per heavy atom. The Morgan fingerprint density at radius 3 is 1.21 bits per heavy atom. The first-order chi connectivity index (χ1) is 11.6. The van der Waals surface area contributed by atoms with Crippen molar-refractivity contribution in [1.29, 1.82) is 0 Å². The van der Waals surface area contributed by atoms with Crippen LogP contribution in [-0.4, -0.2) is 58.4 Å². The zero-order valence-electron chi connectivity index (χ0n) is 14.1. The van der Waals surface area contributed by atoms with Crippen molar-refractivity contribution < 1.29 is 29.2 Å². The second-order valence-corrected chi connectivity index (χ2v) is 8.25. The largest absolute Gasteiger partial charge is 0.387 e. The Hall–Kier alpha value is -0.240. The van der Waals surface area contributed by atoms with Crippen LogP contribution in [0, 0.1) is 0 Å². The summed E-state index contributed by atoms with van der Waals surface area (Å²) in [5, 5.41) is 21.2. The first kappa shape index (κ1) is 16.0. The van der Waals surface area contributed by atoms with Gasteiger partial charge in [-0.1, -0.05) is 12.8 Å². The van der Waals surface area contributed by atoms with Gasteiger partial charge in [-0.2, -0.15) is 0 Å². The maximum atomic E-state index is 10.6. The van der Waals surface area contributed by atoms with Gasteiger partial charge in [0, 0.05) is 25.7 Å². The molecule has 5 fully saturated rings. The molecule has 6 nitrogen and oxygen atoms in total. The average Bonchev–Trinajstić information content (AvgIpc) is 3.14. The fourth-order valence-corrected chi connectivity index (χ4v) is 5.39. The summed E-state index contributed by atoms with van der Waals surface area (Å²) in [5.41, 5.74) is 0. The summed E-state index contributed by atoms with van der Waals surface area (Å²) < 4.78 is 25.1. The number of aliphatic hydroxyl groups is 2. The molecule has 5 rings (SSSR count). The van der Waals surface area contributed by atoms with Crippen molar-refractivity contribution in [1.82, 2.24) is 0 Å². The summed E-state index contributed by atoms with van der Waals surface area (Å²) in [7, 11) is 0. The van der Waals surface area contributed by atoms with Crippen molar-refractivity contribution in [2.45, 2.75) is 112 Å². The molecule has 2 N–H and O–H groups in total. The van der Waals surface area contributed by atoms with Crippen molar-refractivity contribution in [3.63, 3.8) is 0 Å². The summed E-state index contributed by atoms with van der Waals surface area (Å²) >= 11 is 0. The zero-order valence-corrected chi connectivity index (χ0v) is 14.1. The zero-order chi connectivity index (χ0) is 16.4. The molecule has 6 atom stereocenters. The Morgan fingerprint density at radius 2 is 0.833 bits per heavy atom. The molecule has 0 radical (unpaired) electrons. The predicted molar refractivity (Wildman–Crippen MR) is 83.1 cm³/mol. The summed E-state index contributed by atoms with van der Waals surface area (Å²) in [6.45, 7) is 0. The molecule has 0 aromatic carbocycles. The van der Waals surface area contributed by atoms with Gasteiger partial charge < -0.3 is 29.2 Å². The van der Waals surface area contributed by atoms with Crippen LogP contribution in [0.2, 0.25) is 0 Å². The lowest BCUT2D eigenvalue weighted by molar-refractivity contribution is -0.224. The number of hydrogen-bond donors (Lipinski definition) is 2. The van der Waals surface area contributed by atoms with E-state index in [1.807, 2.05) is 0 Å². The van der Waals surface area contributed by atoms with Crippen LogP contribution in [0.4, 0.5) is 0 Å². The van der Waals surface area contributed by atoms with Gasteiger partial charge in [0.25, 0.3) is 0 Å². The van der Waals surface area contributed by atoms with Crippen LogP contribution in [0.1, 0.15) is 64.2 Å². The van der Waals surface area contributed by atoms with Gasteiger partial charge in [-0.05, 0) is 25.7 Å². The fraction of sp³-hybridized carbons (Fsp3) is 1.00. The maximum absolute atomic E-state index is 10.6. The van der Waals surface area contributed by atoms with Gasteiger partial charge in [0.1, 0.15) is 36.6 Å². The van der Waals surface area contributed by atoms with E-state index < -0.39 is 36.0 Å². The van der Waals surface area contributed by atoms with Crippen LogP contribution >= 0.6 is 0 Å². The summed E-state index contributed by atoms with van der Waals surface area (Å²) in [6.07, 6.45) is 6.38. The minimum Gasteiger partial charge on any atom is -0.387 e. The standard InChI is InChI=1S/C18H28O6/c19-11-12(20)14-16(24-18(22-14)9-5-2-6-10-18)15-13(11)21-17(23-15)7-3-1-4-8-17/h11-16,19-20H,1-10H2/t11-,12-,13-,14+,15+,16+/m0/s1. The van der Waals surface area contributed by atoms with Crippen molar-refractivity contribution in [3.8, 4) is 0 Å². The van der Waals surface area contributed by atoms with E-state index in [0.717, 1.165) is 51.4 Å². The molecule has 0 bridgehead atoms. The smallest absolute Gasteiger partial charge is 0.169 e. The molecule has 136 valence electrons. The van der Waals surface area contributed by atoms with E-state index >= 15 is 0 Å². The summed E-state index contributed by atoms with van der Waals surface area (Å²) in [6, 6.07) is 0. The van der Waals surface area contributed by atoms with Gasteiger partial charge >= 0.3 is 0 Å². The molecular formula is C18H28O6. The van der Waals surface area contributed by atoms with Gasteiger partial charge in [0.2, 0.25) is 0 Å². The van der Waals surface area contributed by atoms with E-state index in [4.69, 9.17) is 18.9 Å². The van der Waals surface area contributed by atoms with E-state index in [0.29, 0.717) is 0 Å². The van der Waals surface area contributed by atoms with E-state index in [1.54, 1.807) is 0 Å². The molecular weight excluding hydrogens is 312 g/mol. The second kappa shape index (κ2) is 5.63. The topological polar surface area (TPSA) is 77.4 Å². The molecule has 2 heterocycles. The number of rotatable bonds is 0. The number of ether oxygens (including phenoxy) is 4. The predicted octanol–water partition coefficient (Wildman–Crippen LogP) is 1.61. The molecule has 0 aromatic rings. The highest BCUT2D eigenvalue weighted by Gasteiger charge is 2.65. The average molecular weight is 340 g/mol. The van der Waals surface area contributed by atoms with Crippen LogP contribution in [0.25, 0.3) is 0 Å². The lowest BCUT2D eigenvalue weighted by Crippen LogP contribution is -2.61. The molecule has 2 spiro atoms. The van der Waals surface area contributed by atoms with Gasteiger partial charge in [-0.25, -0.2) is 0 Å². The minimum atomic E-state index is -0.986. The normalized spacial score (nSPS) is 49.2. The first-order valence-corrected chi connectivity index (χ1v) is 9.69. The molecule has 24 heavy (non-hydrogen) atoms. The molecule has 3 saturated carbocycles. The first-order valence-electron chi connectivity index (χ1n) is 9.69. The number of fused-ring (bicyclic) bond motifs is 3. The lowest BCUT2D eigenvalue weighted by Gasteiger charge is -2.38. The summed E-state index contributed by atoms with van der Waals surface area (Å²) in [5.74, 6) is -1.20. The minimum absolute atomic E-state index is 0.354. The maximum Gasteiger partial charge on any atom is 0.169 e. The van der Waals surface area contributed by atoms with Crippen molar-refractivity contribution in [2.24, 2.45) is 0 Å². The highest BCUT2D eigenvalue weighted by atomic mass is 16.8. The van der Waals surface area contributed by atoms with Gasteiger partial charge in [-0.15, -0.1) is 0 Å². The van der Waals surface area contributed by atoms with Crippen molar-refractivity contribution in [2.75, 3.05) is 0 Å². The molecule has 6 heteroatoms. The third kappa shape index (κ3) is 2.31. The molecule has 0 amide bonds. The molecule has 2 saturated heterocycles. The Kier molecular flexibility index (Phi) is 3.75. The van der Waals surface area contributed by atoms with E-state index in [1.165, 1.54) is 12.8 Å². The Balaban J connectivity index is 1.42. The van der Waals surface area contributed by atoms with Crippen LogP contribution in [0.15, 0.2) is 0 Å². The third-order valence-electron chi connectivity index (χ3n) is 6.63. The van der Waals surface area contributed by atoms with Crippen LogP contribution in [0.3, 0.4) is 0 Å². The molecule has 5 aliphatic rings. The molecule has 0 unspecified atom stereocenters. The highest BCUT2D eigenvalue weighted by molar-refractivity contribution is 5.09. The molecule has 0 aromatic heterocycles. The monoisotopic (exact) mass is 340 g/mol. The fourth-order valence-electron chi connectivity index (χ4n) is 5.39. The van der Waals surface area contributed by atoms with Crippen molar-refractivity contribution in [3.05, 3.63) is 0 Å². The van der Waals surface area contributed by atoms with Crippen LogP contribution in [-0.2, 0) is 18.9 Å². The van der Waals surface area contributed by atoms with E-state index in [9.17, 15) is 10.2 Å². The number of aliphatic hydroxyl groups excluding tert-OH is 2. The third-order valence-corrected chi connectivity index (χ3v) is 6.63. The number of hydrogen-bond acceptors (Lipinski definition) is 6. The Labute approximate surface area is 142 Å². The second-order valence-electron chi connectivity index (χ2n) is 8.25. The Bertz CT molecular complexity index is 440. The van der Waals surface area contributed by atoms with Gasteiger partial charge in [-0.3, -0.25) is 0 Å². The summed E-state index contributed by atoms with van der Waals surface area (Å²) in [4.78, 5) is 0. The highest BCUT2D eigenvalue weighted by Crippen LogP contribution is 2.51. The van der Waals surface area contributed by atoms with Gasteiger partial charge in [0.05, 0.1) is 0 Å². The van der Waals surface area contributed by atoms with E-state index in [-0.39, 0.29) is 12.2 Å². The molecule has 2 aliphatic heterocycles. The van der Waals surface area contributed by atoms with Crippen LogP contribution in [0.5, 0.6) is 0 Å². The van der Waals surface area contributed by atoms with Crippen molar-refractivity contribution >= 4 is 0 Å². The lowest BCUT2D eigenvalue weighted by atomic mass is 9.85.